The quantitative estimate of drug-likeness (QED) is 0.403. The molecule has 0 aliphatic carbocycles. The molecule has 0 atom stereocenters. The summed E-state index contributed by atoms with van der Waals surface area (Å²) in [7, 11) is 3.58. The van der Waals surface area contributed by atoms with Gasteiger partial charge in [-0.15, -0.1) is 0 Å². The Balaban J connectivity index is 1.71. The molecule has 0 bridgehead atoms. The summed E-state index contributed by atoms with van der Waals surface area (Å²) in [5.41, 5.74) is 2.28. The molecule has 5 nitrogen and oxygen atoms in total. The predicted octanol–water partition coefficient (Wildman–Crippen LogP) is 5.99. The second-order valence-electron chi connectivity index (χ2n) is 6.41. The zero-order valence-corrected chi connectivity index (χ0v) is 19.5. The van der Waals surface area contributed by atoms with Gasteiger partial charge in [0.25, 0.3) is 5.91 Å². The number of rotatable bonds is 6. The Bertz CT molecular complexity index is 1010. The molecule has 0 fully saturated rings. The molecule has 0 saturated heterocycles. The standard InChI is InChI=1S/C20H17BrCl3N3O2/c1-26(10-18-15(21)9-25-27(18)2)20(28)13-5-3-4-12(6-13)11-29-19-16(23)7-14(22)8-17(19)24/h3-9H,10-11H2,1-2H3. The molecule has 29 heavy (non-hydrogen) atoms. The number of carbonyl (C=O) groups is 1. The fraction of sp³-hybridized carbons (Fsp3) is 0.200. The lowest BCUT2D eigenvalue weighted by atomic mass is 10.1. The first-order valence-electron chi connectivity index (χ1n) is 8.54. The summed E-state index contributed by atoms with van der Waals surface area (Å²) in [4.78, 5) is 14.5. The number of hydrogen-bond donors (Lipinski definition) is 0. The van der Waals surface area contributed by atoms with Gasteiger partial charge in [0.1, 0.15) is 6.61 Å². The fourth-order valence-corrected chi connectivity index (χ4v) is 4.15. The number of hydrogen-bond acceptors (Lipinski definition) is 3. The smallest absolute Gasteiger partial charge is 0.253 e. The van der Waals surface area contributed by atoms with Crippen LogP contribution in [0.3, 0.4) is 0 Å². The Hall–Kier alpha value is -1.73. The molecule has 0 radical (unpaired) electrons. The van der Waals surface area contributed by atoms with E-state index in [0.29, 0.717) is 32.9 Å². The van der Waals surface area contributed by atoms with E-state index in [0.717, 1.165) is 15.7 Å². The van der Waals surface area contributed by atoms with Crippen LogP contribution in [0.5, 0.6) is 5.75 Å². The van der Waals surface area contributed by atoms with Gasteiger partial charge in [0, 0.05) is 24.7 Å². The van der Waals surface area contributed by atoms with Crippen molar-refractivity contribution in [3.05, 3.63) is 79.0 Å². The number of aromatic nitrogens is 2. The Morgan fingerprint density at radius 2 is 1.90 bits per heavy atom. The molecule has 0 N–H and O–H groups in total. The zero-order valence-electron chi connectivity index (χ0n) is 15.6. The van der Waals surface area contributed by atoms with E-state index in [1.54, 1.807) is 47.1 Å². The topological polar surface area (TPSA) is 47.4 Å². The first-order valence-corrected chi connectivity index (χ1v) is 10.5. The normalized spacial score (nSPS) is 10.8. The van der Waals surface area contributed by atoms with Crippen molar-refractivity contribution in [2.45, 2.75) is 13.2 Å². The van der Waals surface area contributed by atoms with Crippen LogP contribution in [0.4, 0.5) is 0 Å². The van der Waals surface area contributed by atoms with Gasteiger partial charge in [0.05, 0.1) is 33.0 Å². The highest BCUT2D eigenvalue weighted by atomic mass is 79.9. The Morgan fingerprint density at radius 1 is 1.21 bits per heavy atom. The van der Waals surface area contributed by atoms with Crippen molar-refractivity contribution in [2.24, 2.45) is 7.05 Å². The van der Waals surface area contributed by atoms with E-state index in [9.17, 15) is 4.79 Å². The number of aryl methyl sites for hydroxylation is 1. The van der Waals surface area contributed by atoms with Crippen molar-refractivity contribution < 1.29 is 9.53 Å². The molecule has 3 aromatic rings. The van der Waals surface area contributed by atoms with Crippen molar-refractivity contribution >= 4 is 56.6 Å². The molecule has 1 heterocycles. The van der Waals surface area contributed by atoms with E-state index in [1.165, 1.54) is 0 Å². The number of halogens is 4. The SMILES string of the molecule is CN(Cc1c(Br)cnn1C)C(=O)c1cccc(COc2c(Cl)cc(Cl)cc2Cl)c1. The maximum absolute atomic E-state index is 12.8. The highest BCUT2D eigenvalue weighted by molar-refractivity contribution is 9.10. The molecule has 1 aromatic heterocycles. The summed E-state index contributed by atoms with van der Waals surface area (Å²) >= 11 is 21.7. The Labute approximate surface area is 192 Å². The molecule has 152 valence electrons. The summed E-state index contributed by atoms with van der Waals surface area (Å²) in [5, 5.41) is 5.27. The van der Waals surface area contributed by atoms with Gasteiger partial charge in [0.2, 0.25) is 0 Å². The molecule has 0 unspecified atom stereocenters. The summed E-state index contributed by atoms with van der Waals surface area (Å²) in [6, 6.07) is 10.4. The number of amides is 1. The molecule has 0 aliphatic heterocycles. The number of nitrogens with zero attached hydrogens (tertiary/aromatic N) is 3. The van der Waals surface area contributed by atoms with E-state index < -0.39 is 0 Å². The third kappa shape index (κ3) is 5.25. The first kappa shape index (κ1) is 22.0. The van der Waals surface area contributed by atoms with Crippen LogP contribution in [0.1, 0.15) is 21.6 Å². The molecular weight excluding hydrogens is 501 g/mol. The van der Waals surface area contributed by atoms with Crippen molar-refractivity contribution in [2.75, 3.05) is 7.05 Å². The van der Waals surface area contributed by atoms with Crippen molar-refractivity contribution in [1.82, 2.24) is 14.7 Å². The van der Waals surface area contributed by atoms with Crippen LogP contribution in [-0.2, 0) is 20.2 Å². The largest absolute Gasteiger partial charge is 0.486 e. The van der Waals surface area contributed by atoms with E-state index in [4.69, 9.17) is 39.5 Å². The number of carbonyl (C=O) groups excluding carboxylic acids is 1. The van der Waals surface area contributed by atoms with Crippen molar-refractivity contribution in [3.63, 3.8) is 0 Å². The van der Waals surface area contributed by atoms with Gasteiger partial charge in [-0.05, 0) is 45.8 Å². The summed E-state index contributed by atoms with van der Waals surface area (Å²) in [6.45, 7) is 0.631. The molecule has 2 aromatic carbocycles. The lowest BCUT2D eigenvalue weighted by Gasteiger charge is -2.18. The maximum Gasteiger partial charge on any atom is 0.253 e. The van der Waals surface area contributed by atoms with Gasteiger partial charge < -0.3 is 9.64 Å². The lowest BCUT2D eigenvalue weighted by Crippen LogP contribution is -2.27. The van der Waals surface area contributed by atoms with Crippen LogP contribution in [0.2, 0.25) is 15.1 Å². The Kier molecular flexibility index (Phi) is 7.11. The highest BCUT2D eigenvalue weighted by Gasteiger charge is 2.16. The molecule has 0 aliphatic rings. The summed E-state index contributed by atoms with van der Waals surface area (Å²) in [5.74, 6) is 0.246. The molecular formula is C20H17BrCl3N3O2. The third-order valence-corrected chi connectivity index (χ3v) is 5.71. The van der Waals surface area contributed by atoms with E-state index in [2.05, 4.69) is 21.0 Å². The van der Waals surface area contributed by atoms with Crippen LogP contribution in [-0.4, -0.2) is 27.6 Å². The maximum atomic E-state index is 12.8. The average Bonchev–Trinajstić information content (AvgIpc) is 2.98. The van der Waals surface area contributed by atoms with Gasteiger partial charge in [-0.1, -0.05) is 46.9 Å². The van der Waals surface area contributed by atoms with Crippen LogP contribution in [0.25, 0.3) is 0 Å². The first-order chi connectivity index (χ1) is 13.8. The van der Waals surface area contributed by atoms with Crippen molar-refractivity contribution in [3.8, 4) is 5.75 Å². The van der Waals surface area contributed by atoms with Gasteiger partial charge in [-0.25, -0.2) is 0 Å². The number of ether oxygens (including phenoxy) is 1. The predicted molar refractivity (Wildman–Crippen MR) is 119 cm³/mol. The van der Waals surface area contributed by atoms with Gasteiger partial charge in [-0.3, -0.25) is 9.48 Å². The van der Waals surface area contributed by atoms with Crippen LogP contribution < -0.4 is 4.74 Å². The Morgan fingerprint density at radius 3 is 2.52 bits per heavy atom. The van der Waals surface area contributed by atoms with E-state index >= 15 is 0 Å². The van der Waals surface area contributed by atoms with Crippen LogP contribution in [0.15, 0.2) is 47.1 Å². The molecule has 1 amide bonds. The van der Waals surface area contributed by atoms with Gasteiger partial charge in [0.15, 0.2) is 5.75 Å². The monoisotopic (exact) mass is 515 g/mol. The minimum atomic E-state index is -0.109. The van der Waals surface area contributed by atoms with Crippen LogP contribution >= 0.6 is 50.7 Å². The lowest BCUT2D eigenvalue weighted by molar-refractivity contribution is 0.0781. The minimum Gasteiger partial charge on any atom is -0.486 e. The molecule has 3 rings (SSSR count). The molecule has 9 heteroatoms. The second-order valence-corrected chi connectivity index (χ2v) is 8.52. The highest BCUT2D eigenvalue weighted by Crippen LogP contribution is 2.36. The fourth-order valence-electron chi connectivity index (χ4n) is 2.75. The zero-order chi connectivity index (χ0) is 21.1. The second kappa shape index (κ2) is 9.39. The summed E-state index contributed by atoms with van der Waals surface area (Å²) < 4.78 is 8.35. The summed E-state index contributed by atoms with van der Waals surface area (Å²) in [6.07, 6.45) is 1.71. The van der Waals surface area contributed by atoms with Gasteiger partial charge >= 0.3 is 0 Å². The van der Waals surface area contributed by atoms with Gasteiger partial charge in [-0.2, -0.15) is 5.10 Å². The average molecular weight is 518 g/mol. The molecule has 0 spiro atoms. The van der Waals surface area contributed by atoms with Crippen molar-refractivity contribution in [1.29, 1.82) is 0 Å². The van der Waals surface area contributed by atoms with E-state index in [1.807, 2.05) is 19.2 Å². The molecule has 0 saturated carbocycles. The van der Waals surface area contributed by atoms with E-state index in [-0.39, 0.29) is 12.5 Å². The van der Waals surface area contributed by atoms with Crippen LogP contribution in [0, 0.1) is 0 Å². The minimum absolute atomic E-state index is 0.109. The number of benzene rings is 2. The third-order valence-electron chi connectivity index (χ3n) is 4.26.